The highest BCUT2D eigenvalue weighted by molar-refractivity contribution is 8.00. The van der Waals surface area contributed by atoms with Gasteiger partial charge in [-0.1, -0.05) is 17.8 Å². The number of nitrogens with one attached hydrogen (secondary N) is 1. The van der Waals surface area contributed by atoms with Crippen LogP contribution in [0.2, 0.25) is 0 Å². The summed E-state index contributed by atoms with van der Waals surface area (Å²) < 4.78 is 20.4. The lowest BCUT2D eigenvalue weighted by atomic mass is 10.3. The maximum atomic E-state index is 13.3. The van der Waals surface area contributed by atoms with Gasteiger partial charge in [-0.15, -0.1) is 11.8 Å². The largest absolute Gasteiger partial charge is 0.494 e. The summed E-state index contributed by atoms with van der Waals surface area (Å²) in [6.45, 7) is 2.46. The number of ether oxygens (including phenoxy) is 1. The predicted molar refractivity (Wildman–Crippen MR) is 121 cm³/mol. The van der Waals surface area contributed by atoms with Crippen LogP contribution in [0.25, 0.3) is 5.69 Å². The molecule has 1 amide bonds. The molecule has 9 heteroatoms. The minimum absolute atomic E-state index is 0.0336. The average Bonchev–Trinajstić information content (AvgIpc) is 3.22. The van der Waals surface area contributed by atoms with Crippen molar-refractivity contribution in [3.8, 4) is 11.4 Å². The number of halogens is 1. The maximum absolute atomic E-state index is 13.3. The van der Waals surface area contributed by atoms with Gasteiger partial charge in [-0.3, -0.25) is 14.2 Å². The van der Waals surface area contributed by atoms with E-state index in [1.54, 1.807) is 30.3 Å². The van der Waals surface area contributed by atoms with Gasteiger partial charge in [-0.2, -0.15) is 0 Å². The van der Waals surface area contributed by atoms with Crippen LogP contribution >= 0.6 is 23.5 Å². The molecule has 6 nitrogen and oxygen atoms in total. The molecule has 2 heterocycles. The average molecular weight is 458 g/mol. The third-order valence-corrected chi connectivity index (χ3v) is 6.56. The van der Waals surface area contributed by atoms with Crippen molar-refractivity contribution in [3.05, 3.63) is 70.4 Å². The van der Waals surface area contributed by atoms with E-state index in [1.807, 2.05) is 6.92 Å². The summed E-state index contributed by atoms with van der Waals surface area (Å²) in [6.07, 6.45) is 0.725. The molecule has 0 saturated carbocycles. The number of aromatic nitrogens is 2. The number of hydrogen-bond acceptors (Lipinski definition) is 6. The molecule has 1 aliphatic heterocycles. The number of carbonyl (C=O) groups is 1. The quantitative estimate of drug-likeness (QED) is 0.425. The van der Waals surface area contributed by atoms with Crippen LogP contribution in [0.15, 0.2) is 63.4 Å². The Morgan fingerprint density at radius 3 is 2.84 bits per heavy atom. The van der Waals surface area contributed by atoms with E-state index in [4.69, 9.17) is 4.74 Å². The first-order chi connectivity index (χ1) is 15.0. The van der Waals surface area contributed by atoms with Crippen LogP contribution in [-0.4, -0.2) is 33.6 Å². The molecule has 160 valence electrons. The number of fused-ring (bicyclic) bond motifs is 1. The van der Waals surface area contributed by atoms with E-state index in [2.05, 4.69) is 10.3 Å². The summed E-state index contributed by atoms with van der Waals surface area (Å²) in [5, 5.41) is 3.11. The van der Waals surface area contributed by atoms with Crippen LogP contribution in [0.1, 0.15) is 12.6 Å². The Balaban J connectivity index is 1.60. The number of nitrogens with zero attached hydrogens (tertiary/aromatic N) is 2. The number of amides is 1. The highest BCUT2D eigenvalue weighted by Crippen LogP contribution is 2.30. The van der Waals surface area contributed by atoms with E-state index in [-0.39, 0.29) is 17.2 Å². The summed E-state index contributed by atoms with van der Waals surface area (Å²) in [4.78, 5) is 30.9. The molecule has 31 heavy (non-hydrogen) atoms. The lowest BCUT2D eigenvalue weighted by Crippen LogP contribution is -2.24. The Morgan fingerprint density at radius 1 is 1.29 bits per heavy atom. The van der Waals surface area contributed by atoms with Crippen molar-refractivity contribution in [1.82, 2.24) is 9.55 Å². The van der Waals surface area contributed by atoms with Gasteiger partial charge in [0.05, 0.1) is 28.6 Å². The molecule has 4 rings (SSSR count). The number of benzene rings is 2. The first-order valence-electron chi connectivity index (χ1n) is 9.75. The summed E-state index contributed by atoms with van der Waals surface area (Å²) in [6, 6.07) is 12.9. The number of aryl methyl sites for hydroxylation is 1. The smallest absolute Gasteiger partial charge is 0.272 e. The fraction of sp³-hybridized carbons (Fsp3) is 0.227. The van der Waals surface area contributed by atoms with Crippen molar-refractivity contribution in [2.75, 3.05) is 23.4 Å². The zero-order valence-electron chi connectivity index (χ0n) is 16.8. The second-order valence-electron chi connectivity index (χ2n) is 6.68. The number of rotatable bonds is 7. The summed E-state index contributed by atoms with van der Waals surface area (Å²) in [5.74, 6) is 0.832. The predicted octanol–water partition coefficient (Wildman–Crippen LogP) is 4.15. The van der Waals surface area contributed by atoms with Gasteiger partial charge in [0.2, 0.25) is 5.91 Å². The van der Waals surface area contributed by atoms with Gasteiger partial charge in [-0.25, -0.2) is 9.37 Å². The standard InChI is InChI=1S/C22H20FN3O3S2/c1-2-29-17-8-6-16(7-9-17)26-21(28)20-18(10-11-30-20)25-22(26)31-13-19(27)24-15-5-3-4-14(23)12-15/h3-9,12H,2,10-11,13H2,1H3,(H,24,27). The maximum Gasteiger partial charge on any atom is 0.272 e. The van der Waals surface area contributed by atoms with E-state index >= 15 is 0 Å². The molecule has 0 aliphatic carbocycles. The first-order valence-corrected chi connectivity index (χ1v) is 11.7. The molecule has 1 aliphatic rings. The van der Waals surface area contributed by atoms with Gasteiger partial charge in [0.25, 0.3) is 5.56 Å². The Bertz CT molecular complexity index is 1170. The second kappa shape index (κ2) is 9.57. The zero-order chi connectivity index (χ0) is 21.8. The SMILES string of the molecule is CCOc1ccc(-n2c(SCC(=O)Nc3cccc(F)c3)nc3c(c2=O)SCC3)cc1. The van der Waals surface area contributed by atoms with E-state index in [9.17, 15) is 14.0 Å². The van der Waals surface area contributed by atoms with Gasteiger partial charge in [-0.05, 0) is 49.4 Å². The number of thioether (sulfide) groups is 2. The van der Waals surface area contributed by atoms with Crippen molar-refractivity contribution in [2.45, 2.75) is 23.4 Å². The minimum Gasteiger partial charge on any atom is -0.494 e. The molecule has 0 radical (unpaired) electrons. The van der Waals surface area contributed by atoms with Crippen LogP contribution in [0.4, 0.5) is 10.1 Å². The molecule has 2 aromatic carbocycles. The third-order valence-electron chi connectivity index (χ3n) is 4.51. The van der Waals surface area contributed by atoms with Gasteiger partial charge < -0.3 is 10.1 Å². The molecule has 1 N–H and O–H groups in total. The molecule has 0 atom stereocenters. The molecule has 0 bridgehead atoms. The van der Waals surface area contributed by atoms with Crippen molar-refractivity contribution in [3.63, 3.8) is 0 Å². The minimum atomic E-state index is -0.424. The fourth-order valence-corrected chi connectivity index (χ4v) is 5.02. The van der Waals surface area contributed by atoms with Crippen LogP contribution < -0.4 is 15.6 Å². The molecule has 0 fully saturated rings. The van der Waals surface area contributed by atoms with E-state index in [0.29, 0.717) is 33.8 Å². The van der Waals surface area contributed by atoms with E-state index in [1.165, 1.54) is 46.3 Å². The lowest BCUT2D eigenvalue weighted by molar-refractivity contribution is -0.113. The third kappa shape index (κ3) is 4.94. The van der Waals surface area contributed by atoms with Crippen LogP contribution in [0, 0.1) is 5.82 Å². The molecule has 1 aromatic heterocycles. The fourth-order valence-electron chi connectivity index (χ4n) is 3.17. The van der Waals surface area contributed by atoms with Gasteiger partial charge in [0, 0.05) is 17.9 Å². The van der Waals surface area contributed by atoms with Crippen molar-refractivity contribution in [2.24, 2.45) is 0 Å². The van der Waals surface area contributed by atoms with E-state index in [0.717, 1.165) is 17.9 Å². The van der Waals surface area contributed by atoms with Crippen molar-refractivity contribution >= 4 is 35.1 Å². The first kappa shape index (κ1) is 21.5. The molecular weight excluding hydrogens is 437 g/mol. The Hall–Kier alpha value is -2.78. The summed E-state index contributed by atoms with van der Waals surface area (Å²) in [5.41, 5.74) is 1.67. The number of carbonyl (C=O) groups excluding carboxylic acids is 1. The topological polar surface area (TPSA) is 73.2 Å². The monoisotopic (exact) mass is 457 g/mol. The lowest BCUT2D eigenvalue weighted by Gasteiger charge is -2.14. The van der Waals surface area contributed by atoms with Gasteiger partial charge in [0.15, 0.2) is 5.16 Å². The molecule has 3 aromatic rings. The van der Waals surface area contributed by atoms with Crippen molar-refractivity contribution in [1.29, 1.82) is 0 Å². The summed E-state index contributed by atoms with van der Waals surface area (Å²) >= 11 is 2.68. The Kier molecular flexibility index (Phi) is 6.62. The normalized spacial score (nSPS) is 12.5. The summed E-state index contributed by atoms with van der Waals surface area (Å²) in [7, 11) is 0. The highest BCUT2D eigenvalue weighted by atomic mass is 32.2. The van der Waals surface area contributed by atoms with Crippen LogP contribution in [0.3, 0.4) is 0 Å². The Morgan fingerprint density at radius 2 is 2.10 bits per heavy atom. The molecule has 0 unspecified atom stereocenters. The number of hydrogen-bond donors (Lipinski definition) is 1. The molecule has 0 saturated heterocycles. The second-order valence-corrected chi connectivity index (χ2v) is 8.73. The van der Waals surface area contributed by atoms with Crippen LogP contribution in [0.5, 0.6) is 5.75 Å². The van der Waals surface area contributed by atoms with Crippen molar-refractivity contribution < 1.29 is 13.9 Å². The van der Waals surface area contributed by atoms with Gasteiger partial charge >= 0.3 is 0 Å². The Labute approximate surface area is 187 Å². The highest BCUT2D eigenvalue weighted by Gasteiger charge is 2.23. The number of anilines is 1. The molecular formula is C22H20FN3O3S2. The van der Waals surface area contributed by atoms with Crippen LogP contribution in [-0.2, 0) is 11.2 Å². The molecule has 0 spiro atoms. The van der Waals surface area contributed by atoms with E-state index < -0.39 is 5.82 Å². The van der Waals surface area contributed by atoms with Gasteiger partial charge in [0.1, 0.15) is 11.6 Å². The zero-order valence-corrected chi connectivity index (χ0v) is 18.4.